The van der Waals surface area contributed by atoms with Gasteiger partial charge in [0.1, 0.15) is 11.8 Å². The summed E-state index contributed by atoms with van der Waals surface area (Å²) in [6.45, 7) is 3.01. The molecular formula is C27H30N2O6. The summed E-state index contributed by atoms with van der Waals surface area (Å²) in [4.78, 5) is 57.6. The Hall–Kier alpha value is -3.36. The normalized spacial score (nSPS) is 17.9. The van der Waals surface area contributed by atoms with Crippen molar-refractivity contribution in [3.63, 3.8) is 0 Å². The Bertz CT molecular complexity index is 947. The van der Waals surface area contributed by atoms with Crippen LogP contribution in [0.3, 0.4) is 0 Å². The maximum atomic E-state index is 13.6. The van der Waals surface area contributed by atoms with E-state index >= 15 is 0 Å². The second kappa shape index (κ2) is 11.9. The average Bonchev–Trinajstić information content (AvgIpc) is 2.94. The van der Waals surface area contributed by atoms with E-state index in [2.05, 4.69) is 0 Å². The molecule has 0 N–H and O–H groups in total. The van der Waals surface area contributed by atoms with Crippen molar-refractivity contribution in [2.75, 3.05) is 52.6 Å². The van der Waals surface area contributed by atoms with Crippen molar-refractivity contribution in [1.29, 1.82) is 0 Å². The number of benzene rings is 2. The third-order valence-electron chi connectivity index (χ3n) is 6.46. The van der Waals surface area contributed by atoms with E-state index in [1.807, 2.05) is 0 Å². The van der Waals surface area contributed by atoms with E-state index in [1.165, 1.54) is 0 Å². The molecule has 2 aliphatic heterocycles. The van der Waals surface area contributed by atoms with Gasteiger partial charge in [0.15, 0.2) is 11.6 Å². The summed E-state index contributed by atoms with van der Waals surface area (Å²) in [5, 5.41) is 0. The smallest absolute Gasteiger partial charge is 0.233 e. The van der Waals surface area contributed by atoms with Crippen LogP contribution in [-0.4, -0.2) is 85.8 Å². The molecule has 2 fully saturated rings. The van der Waals surface area contributed by atoms with Gasteiger partial charge in [0.2, 0.25) is 11.8 Å². The van der Waals surface area contributed by atoms with Gasteiger partial charge in [-0.3, -0.25) is 19.2 Å². The molecule has 0 spiro atoms. The minimum atomic E-state index is -1.15. The van der Waals surface area contributed by atoms with Crippen molar-refractivity contribution in [2.45, 2.75) is 6.42 Å². The Balaban J connectivity index is 1.67. The van der Waals surface area contributed by atoms with Gasteiger partial charge in [-0.2, -0.15) is 0 Å². The first-order valence-electron chi connectivity index (χ1n) is 12.0. The Labute approximate surface area is 204 Å². The fraction of sp³-hybridized carbons (Fsp3) is 0.407. The molecule has 2 aliphatic rings. The summed E-state index contributed by atoms with van der Waals surface area (Å²) in [7, 11) is 0. The second-order valence-corrected chi connectivity index (χ2v) is 8.68. The predicted octanol–water partition coefficient (Wildman–Crippen LogP) is 2.09. The zero-order valence-corrected chi connectivity index (χ0v) is 19.6. The number of carbonyl (C=O) groups excluding carboxylic acids is 4. The first kappa shape index (κ1) is 24.8. The molecule has 2 aromatic carbocycles. The molecule has 0 aliphatic carbocycles. The maximum Gasteiger partial charge on any atom is 0.233 e. The zero-order chi connectivity index (χ0) is 24.6. The Kier molecular flexibility index (Phi) is 8.39. The summed E-state index contributed by atoms with van der Waals surface area (Å²) in [5.74, 6) is -3.83. The number of nitrogens with zero attached hydrogens (tertiary/aromatic N) is 2. The molecule has 2 heterocycles. The summed E-state index contributed by atoms with van der Waals surface area (Å²) in [6.07, 6.45) is -0.187. The van der Waals surface area contributed by atoms with Crippen LogP contribution in [0.1, 0.15) is 27.1 Å². The number of amides is 2. The zero-order valence-electron chi connectivity index (χ0n) is 19.6. The molecule has 8 heteroatoms. The molecule has 4 rings (SSSR count). The number of morpholine rings is 2. The maximum absolute atomic E-state index is 13.6. The quantitative estimate of drug-likeness (QED) is 0.426. The first-order chi connectivity index (χ1) is 17.1. The lowest BCUT2D eigenvalue weighted by atomic mass is 9.82. The van der Waals surface area contributed by atoms with Crippen LogP contribution in [0, 0.1) is 11.8 Å². The van der Waals surface area contributed by atoms with E-state index in [4.69, 9.17) is 9.47 Å². The van der Waals surface area contributed by atoms with Gasteiger partial charge in [-0.05, 0) is 6.42 Å². The van der Waals surface area contributed by atoms with Crippen LogP contribution in [0.5, 0.6) is 0 Å². The van der Waals surface area contributed by atoms with Crippen molar-refractivity contribution >= 4 is 23.4 Å². The monoisotopic (exact) mass is 478 g/mol. The lowest BCUT2D eigenvalue weighted by Gasteiger charge is -2.33. The largest absolute Gasteiger partial charge is 0.378 e. The Morgan fingerprint density at radius 1 is 0.600 bits per heavy atom. The molecule has 2 atom stereocenters. The van der Waals surface area contributed by atoms with Crippen molar-refractivity contribution in [3.8, 4) is 0 Å². The highest BCUT2D eigenvalue weighted by Gasteiger charge is 2.40. The van der Waals surface area contributed by atoms with Gasteiger partial charge < -0.3 is 19.3 Å². The fourth-order valence-corrected chi connectivity index (χ4v) is 4.49. The van der Waals surface area contributed by atoms with Crippen LogP contribution < -0.4 is 0 Å². The highest BCUT2D eigenvalue weighted by Crippen LogP contribution is 2.26. The van der Waals surface area contributed by atoms with E-state index in [-0.39, 0.29) is 29.8 Å². The Morgan fingerprint density at radius 2 is 0.943 bits per heavy atom. The van der Waals surface area contributed by atoms with E-state index in [9.17, 15) is 19.2 Å². The van der Waals surface area contributed by atoms with Gasteiger partial charge in [0.25, 0.3) is 0 Å². The van der Waals surface area contributed by atoms with Crippen LogP contribution in [0.25, 0.3) is 0 Å². The lowest BCUT2D eigenvalue weighted by molar-refractivity contribution is -0.141. The number of ketones is 2. The predicted molar refractivity (Wildman–Crippen MR) is 128 cm³/mol. The van der Waals surface area contributed by atoms with E-state index < -0.39 is 11.8 Å². The number of hydrogen-bond acceptors (Lipinski definition) is 6. The van der Waals surface area contributed by atoms with E-state index in [1.54, 1.807) is 70.5 Å². The summed E-state index contributed by atoms with van der Waals surface area (Å²) in [6, 6.07) is 17.1. The van der Waals surface area contributed by atoms with Crippen molar-refractivity contribution < 1.29 is 28.7 Å². The fourth-order valence-electron chi connectivity index (χ4n) is 4.49. The number of rotatable bonds is 8. The summed E-state index contributed by atoms with van der Waals surface area (Å²) >= 11 is 0. The van der Waals surface area contributed by atoms with Crippen LogP contribution in [0.4, 0.5) is 0 Å². The first-order valence-corrected chi connectivity index (χ1v) is 12.0. The third kappa shape index (κ3) is 6.01. The molecule has 184 valence electrons. The summed E-state index contributed by atoms with van der Waals surface area (Å²) < 4.78 is 10.7. The minimum Gasteiger partial charge on any atom is -0.378 e. The SMILES string of the molecule is O=C(c1ccccc1)C(CC(C(=O)c1ccccc1)C(=O)N1CCOCC1)C(=O)N1CCOCC1. The molecule has 0 aromatic heterocycles. The molecule has 0 bridgehead atoms. The highest BCUT2D eigenvalue weighted by molar-refractivity contribution is 6.13. The van der Waals surface area contributed by atoms with Crippen LogP contribution in [0.2, 0.25) is 0 Å². The average molecular weight is 479 g/mol. The number of ether oxygens (including phenoxy) is 2. The van der Waals surface area contributed by atoms with Gasteiger partial charge in [0.05, 0.1) is 26.4 Å². The molecule has 0 saturated carbocycles. The van der Waals surface area contributed by atoms with Gasteiger partial charge in [-0.15, -0.1) is 0 Å². The van der Waals surface area contributed by atoms with Crippen molar-refractivity contribution in [1.82, 2.24) is 9.80 Å². The standard InChI is InChI=1S/C27H30N2O6/c30-24(20-7-3-1-4-8-20)22(26(32)28-11-15-34-16-12-28)19-23(25(31)21-9-5-2-6-10-21)27(33)29-13-17-35-18-14-29/h1-10,22-23H,11-19H2. The van der Waals surface area contributed by atoms with Gasteiger partial charge in [0, 0.05) is 37.3 Å². The van der Waals surface area contributed by atoms with Gasteiger partial charge in [-0.1, -0.05) is 60.7 Å². The van der Waals surface area contributed by atoms with E-state index in [0.717, 1.165) is 0 Å². The van der Waals surface area contributed by atoms with Gasteiger partial charge in [-0.25, -0.2) is 0 Å². The van der Waals surface area contributed by atoms with E-state index in [0.29, 0.717) is 63.7 Å². The Morgan fingerprint density at radius 3 is 1.29 bits per heavy atom. The van der Waals surface area contributed by atoms with Crippen molar-refractivity contribution in [2.24, 2.45) is 11.8 Å². The molecule has 2 unspecified atom stereocenters. The van der Waals surface area contributed by atoms with Gasteiger partial charge >= 0.3 is 0 Å². The molecule has 2 saturated heterocycles. The van der Waals surface area contributed by atoms with Crippen LogP contribution in [-0.2, 0) is 19.1 Å². The van der Waals surface area contributed by atoms with Crippen LogP contribution in [0.15, 0.2) is 60.7 Å². The van der Waals surface area contributed by atoms with Crippen LogP contribution >= 0.6 is 0 Å². The number of Topliss-reactive ketones (excluding diaryl/α,β-unsaturated/α-hetero) is 2. The highest BCUT2D eigenvalue weighted by atomic mass is 16.5. The minimum absolute atomic E-state index is 0.187. The molecule has 2 aromatic rings. The molecule has 35 heavy (non-hydrogen) atoms. The second-order valence-electron chi connectivity index (χ2n) is 8.68. The number of hydrogen-bond donors (Lipinski definition) is 0. The molecular weight excluding hydrogens is 448 g/mol. The topological polar surface area (TPSA) is 93.2 Å². The number of carbonyl (C=O) groups is 4. The molecule has 2 amide bonds. The molecule has 0 radical (unpaired) electrons. The lowest BCUT2D eigenvalue weighted by Crippen LogP contribution is -2.49. The third-order valence-corrected chi connectivity index (χ3v) is 6.46. The summed E-state index contributed by atoms with van der Waals surface area (Å²) in [5.41, 5.74) is 0.757. The van der Waals surface area contributed by atoms with Crippen molar-refractivity contribution in [3.05, 3.63) is 71.8 Å². The molecule has 8 nitrogen and oxygen atoms in total.